The monoisotopic (exact) mass is 286 g/mol. The molecule has 0 aliphatic carbocycles. The first-order chi connectivity index (χ1) is 10.2. The Morgan fingerprint density at radius 3 is 3.14 bits per heavy atom. The molecule has 2 amide bonds. The molecular weight excluding hydrogens is 268 g/mol. The summed E-state index contributed by atoms with van der Waals surface area (Å²) in [5.74, 6) is 0.0614. The van der Waals surface area contributed by atoms with Crippen LogP contribution in [-0.2, 0) is 16.0 Å². The van der Waals surface area contributed by atoms with Gasteiger partial charge in [-0.3, -0.25) is 9.59 Å². The highest BCUT2D eigenvalue weighted by Gasteiger charge is 2.26. The predicted molar refractivity (Wildman–Crippen MR) is 77.8 cm³/mol. The number of hydrogen-bond acceptors (Lipinski definition) is 3. The number of carbonyl (C=O) groups is 2. The highest BCUT2D eigenvalue weighted by molar-refractivity contribution is 5.79. The van der Waals surface area contributed by atoms with Crippen LogP contribution in [-0.4, -0.2) is 45.7 Å². The van der Waals surface area contributed by atoms with Gasteiger partial charge in [0.2, 0.25) is 12.3 Å². The lowest BCUT2D eigenvalue weighted by atomic mass is 10.3. The third-order valence-electron chi connectivity index (χ3n) is 3.92. The quantitative estimate of drug-likeness (QED) is 0.834. The van der Waals surface area contributed by atoms with E-state index in [1.807, 2.05) is 35.7 Å². The normalized spacial score (nSPS) is 18.1. The van der Waals surface area contributed by atoms with Crippen molar-refractivity contribution >= 4 is 18.0 Å². The number of rotatable bonds is 4. The first-order valence-corrected chi connectivity index (χ1v) is 7.08. The lowest BCUT2D eigenvalue weighted by Crippen LogP contribution is -2.35. The van der Waals surface area contributed by atoms with E-state index in [2.05, 4.69) is 10.3 Å². The number of hydrogen-bond donors (Lipinski definition) is 1. The molecule has 1 aliphatic heterocycles. The number of pyridine rings is 1. The van der Waals surface area contributed by atoms with E-state index in [1.54, 1.807) is 4.90 Å². The first-order valence-electron chi connectivity index (χ1n) is 7.08. The Morgan fingerprint density at radius 2 is 2.38 bits per heavy atom. The Hall–Kier alpha value is -2.37. The van der Waals surface area contributed by atoms with Crippen LogP contribution in [0.3, 0.4) is 0 Å². The molecule has 3 rings (SSSR count). The first kappa shape index (κ1) is 13.6. The molecule has 1 atom stereocenters. The number of imidazole rings is 1. The lowest BCUT2D eigenvalue weighted by molar-refractivity contribution is -0.129. The third kappa shape index (κ3) is 2.74. The van der Waals surface area contributed by atoms with Crippen LogP contribution < -0.4 is 5.32 Å². The number of nitrogens with zero attached hydrogens (tertiary/aromatic N) is 3. The van der Waals surface area contributed by atoms with Gasteiger partial charge in [-0.2, -0.15) is 0 Å². The van der Waals surface area contributed by atoms with E-state index in [0.717, 1.165) is 23.5 Å². The van der Waals surface area contributed by atoms with E-state index >= 15 is 0 Å². The molecule has 6 heteroatoms. The summed E-state index contributed by atoms with van der Waals surface area (Å²) in [6.07, 6.45) is 3.73. The fraction of sp³-hybridized carbons (Fsp3) is 0.400. The summed E-state index contributed by atoms with van der Waals surface area (Å²) in [6, 6.07) is 5.98. The molecule has 0 bridgehead atoms. The van der Waals surface area contributed by atoms with Crippen molar-refractivity contribution in [3.63, 3.8) is 0 Å². The molecule has 110 valence electrons. The maximum Gasteiger partial charge on any atom is 0.228 e. The number of carbonyl (C=O) groups excluding carboxylic acids is 2. The van der Waals surface area contributed by atoms with Crippen LogP contribution in [0.2, 0.25) is 0 Å². The standard InChI is InChI=1S/C15H18N4O2/c1-11-3-2-4-14-17-13(9-19(11)14)7-15(21)18-6-5-12(8-18)16-10-20/h2-4,9-10,12H,5-8H2,1H3,(H,16,20). The van der Waals surface area contributed by atoms with Gasteiger partial charge in [-0.1, -0.05) is 6.07 Å². The zero-order valence-corrected chi connectivity index (χ0v) is 12.0. The second-order valence-electron chi connectivity index (χ2n) is 5.41. The Kier molecular flexibility index (Phi) is 3.60. The highest BCUT2D eigenvalue weighted by Crippen LogP contribution is 2.13. The van der Waals surface area contributed by atoms with Crippen LogP contribution >= 0.6 is 0 Å². The maximum absolute atomic E-state index is 12.3. The van der Waals surface area contributed by atoms with E-state index in [-0.39, 0.29) is 11.9 Å². The Bertz CT molecular complexity index is 679. The number of fused-ring (bicyclic) bond motifs is 1. The number of nitrogens with one attached hydrogen (secondary N) is 1. The summed E-state index contributed by atoms with van der Waals surface area (Å²) in [4.78, 5) is 29.0. The van der Waals surface area contributed by atoms with Crippen molar-refractivity contribution in [2.45, 2.75) is 25.8 Å². The molecule has 1 aliphatic rings. The van der Waals surface area contributed by atoms with E-state index in [9.17, 15) is 9.59 Å². The molecule has 1 fully saturated rings. The third-order valence-corrected chi connectivity index (χ3v) is 3.92. The van der Waals surface area contributed by atoms with E-state index < -0.39 is 0 Å². The van der Waals surface area contributed by atoms with E-state index in [4.69, 9.17) is 0 Å². The Labute approximate surface area is 122 Å². The molecule has 21 heavy (non-hydrogen) atoms. The fourth-order valence-corrected chi connectivity index (χ4v) is 2.77. The van der Waals surface area contributed by atoms with E-state index in [1.165, 1.54) is 0 Å². The van der Waals surface area contributed by atoms with Gasteiger partial charge in [0.05, 0.1) is 12.1 Å². The molecule has 0 radical (unpaired) electrons. The number of likely N-dealkylation sites (tertiary alicyclic amines) is 1. The number of amides is 2. The predicted octanol–water partition coefficient (Wildman–Crippen LogP) is 0.532. The van der Waals surface area contributed by atoms with Gasteiger partial charge in [0, 0.05) is 31.0 Å². The van der Waals surface area contributed by atoms with Crippen molar-refractivity contribution in [3.8, 4) is 0 Å². The molecule has 1 N–H and O–H groups in total. The number of aromatic nitrogens is 2. The highest BCUT2D eigenvalue weighted by atomic mass is 16.2. The van der Waals surface area contributed by atoms with Gasteiger partial charge in [-0.15, -0.1) is 0 Å². The average molecular weight is 286 g/mol. The van der Waals surface area contributed by atoms with Gasteiger partial charge < -0.3 is 14.6 Å². The van der Waals surface area contributed by atoms with Gasteiger partial charge in [-0.25, -0.2) is 4.98 Å². The fourth-order valence-electron chi connectivity index (χ4n) is 2.77. The molecule has 3 heterocycles. The summed E-state index contributed by atoms with van der Waals surface area (Å²) >= 11 is 0. The zero-order chi connectivity index (χ0) is 14.8. The van der Waals surface area contributed by atoms with Crippen molar-refractivity contribution in [2.75, 3.05) is 13.1 Å². The SMILES string of the molecule is Cc1cccc2nc(CC(=O)N3CCC(NC=O)C3)cn12. The number of aryl methyl sites for hydroxylation is 1. The second-order valence-corrected chi connectivity index (χ2v) is 5.41. The second kappa shape index (κ2) is 5.55. The zero-order valence-electron chi connectivity index (χ0n) is 12.0. The lowest BCUT2D eigenvalue weighted by Gasteiger charge is -2.15. The Morgan fingerprint density at radius 1 is 1.52 bits per heavy atom. The molecule has 1 saturated heterocycles. The Balaban J connectivity index is 1.69. The summed E-state index contributed by atoms with van der Waals surface area (Å²) in [5, 5.41) is 2.73. The summed E-state index contributed by atoms with van der Waals surface area (Å²) in [5.41, 5.74) is 2.73. The minimum absolute atomic E-state index is 0.0614. The van der Waals surface area contributed by atoms with Crippen molar-refractivity contribution in [3.05, 3.63) is 35.8 Å². The van der Waals surface area contributed by atoms with Crippen molar-refractivity contribution in [1.29, 1.82) is 0 Å². The average Bonchev–Trinajstić information content (AvgIpc) is 3.06. The van der Waals surface area contributed by atoms with Crippen LogP contribution in [0.4, 0.5) is 0 Å². The minimum Gasteiger partial charge on any atom is -0.354 e. The molecule has 6 nitrogen and oxygen atoms in total. The van der Waals surface area contributed by atoms with E-state index in [0.29, 0.717) is 25.9 Å². The molecule has 0 spiro atoms. The molecule has 0 aromatic carbocycles. The smallest absolute Gasteiger partial charge is 0.228 e. The van der Waals surface area contributed by atoms with Gasteiger partial charge in [0.15, 0.2) is 0 Å². The largest absolute Gasteiger partial charge is 0.354 e. The maximum atomic E-state index is 12.3. The topological polar surface area (TPSA) is 66.7 Å². The summed E-state index contributed by atoms with van der Waals surface area (Å²) in [7, 11) is 0. The van der Waals surface area contributed by atoms with Crippen LogP contribution in [0.5, 0.6) is 0 Å². The van der Waals surface area contributed by atoms with Crippen molar-refractivity contribution in [1.82, 2.24) is 19.6 Å². The minimum atomic E-state index is 0.0614. The van der Waals surface area contributed by atoms with Crippen LogP contribution in [0.25, 0.3) is 5.65 Å². The van der Waals surface area contributed by atoms with Crippen LogP contribution in [0.1, 0.15) is 17.8 Å². The molecular formula is C15H18N4O2. The molecule has 0 saturated carbocycles. The van der Waals surface area contributed by atoms with Crippen LogP contribution in [0, 0.1) is 6.92 Å². The van der Waals surface area contributed by atoms with Gasteiger partial charge in [0.25, 0.3) is 0 Å². The molecule has 2 aromatic heterocycles. The van der Waals surface area contributed by atoms with Crippen molar-refractivity contribution < 1.29 is 9.59 Å². The summed E-state index contributed by atoms with van der Waals surface area (Å²) < 4.78 is 1.99. The van der Waals surface area contributed by atoms with Crippen molar-refractivity contribution in [2.24, 2.45) is 0 Å². The summed E-state index contributed by atoms with van der Waals surface area (Å²) in [6.45, 7) is 3.29. The van der Waals surface area contributed by atoms with Crippen LogP contribution in [0.15, 0.2) is 24.4 Å². The molecule has 2 aromatic rings. The molecule has 1 unspecified atom stereocenters. The van der Waals surface area contributed by atoms with Gasteiger partial charge in [-0.05, 0) is 25.5 Å². The van der Waals surface area contributed by atoms with Gasteiger partial charge >= 0.3 is 0 Å². The van der Waals surface area contributed by atoms with Gasteiger partial charge in [0.1, 0.15) is 5.65 Å².